The lowest BCUT2D eigenvalue weighted by Gasteiger charge is -2.47. The summed E-state index contributed by atoms with van der Waals surface area (Å²) >= 11 is 0. The Morgan fingerprint density at radius 1 is 0.811 bits per heavy atom. The highest BCUT2D eigenvalue weighted by atomic mass is 32.2. The van der Waals surface area contributed by atoms with E-state index in [2.05, 4.69) is 10.1 Å². The van der Waals surface area contributed by atoms with Gasteiger partial charge in [-0.05, 0) is 46.0 Å². The smallest absolute Gasteiger partial charge is 0.386 e. The van der Waals surface area contributed by atoms with Crippen molar-refractivity contribution in [2.24, 2.45) is 0 Å². The Kier molecular flexibility index (Phi) is 9.89. The van der Waals surface area contributed by atoms with E-state index in [1.54, 1.807) is 30.3 Å². The van der Waals surface area contributed by atoms with E-state index in [0.717, 1.165) is 15.7 Å². The number of fused-ring (bicyclic) bond motifs is 2. The second kappa shape index (κ2) is 15.0. The van der Waals surface area contributed by atoms with Crippen molar-refractivity contribution < 1.29 is 37.7 Å². The number of nitrogens with one attached hydrogen (secondary N) is 1. The van der Waals surface area contributed by atoms with Gasteiger partial charge in [-0.1, -0.05) is 127 Å². The van der Waals surface area contributed by atoms with Crippen molar-refractivity contribution in [1.82, 2.24) is 10.2 Å². The lowest BCUT2D eigenvalue weighted by molar-refractivity contribution is -0.156. The number of hydrogen-bond donors (Lipinski definition) is 1. The van der Waals surface area contributed by atoms with Crippen molar-refractivity contribution in [3.8, 4) is 0 Å². The zero-order chi connectivity index (χ0) is 37.1. The standard InChI is InChI=1S/C41H32N4O7S/c1-25-34(41(49)51-24-26-21-22-27-13-11-12-20-31(27)23-26)45-38(47)33(39(45)53(50)37(25)44-42)43-36(46)32(28-14-5-2-6-15-28)40(48)52-35(29-16-7-3-8-17-29)30-18-9-4-10-19-30/h2-23,32-33,35,39H,24H2,1H3,(H,43,46)/t32?,33?,39-,53-/m0/s1. The van der Waals surface area contributed by atoms with E-state index in [-0.39, 0.29) is 22.9 Å². The number of rotatable bonds is 10. The molecule has 0 bridgehead atoms. The minimum Gasteiger partial charge on any atom is -0.456 e. The molecule has 1 saturated heterocycles. The highest BCUT2D eigenvalue weighted by Gasteiger charge is 2.61. The Morgan fingerprint density at radius 2 is 1.38 bits per heavy atom. The largest absolute Gasteiger partial charge is 0.456 e. The number of carbonyl (C=O) groups is 4. The Morgan fingerprint density at radius 3 is 1.98 bits per heavy atom. The average molecular weight is 725 g/mol. The van der Waals surface area contributed by atoms with Crippen LogP contribution in [0, 0.1) is 0 Å². The van der Waals surface area contributed by atoms with Gasteiger partial charge in [0.05, 0.1) is 5.57 Å². The summed E-state index contributed by atoms with van der Waals surface area (Å²) in [5.41, 5.74) is 11.9. The average Bonchev–Trinajstić information content (AvgIpc) is 3.19. The molecule has 2 aliphatic rings. The minimum absolute atomic E-state index is 0.0117. The van der Waals surface area contributed by atoms with Crippen LogP contribution in [0.15, 0.2) is 145 Å². The fourth-order valence-corrected chi connectivity index (χ4v) is 8.10. The summed E-state index contributed by atoms with van der Waals surface area (Å²) in [6.07, 6.45) is -0.852. The van der Waals surface area contributed by atoms with Crippen molar-refractivity contribution in [2.75, 3.05) is 0 Å². The van der Waals surface area contributed by atoms with Crippen molar-refractivity contribution in [2.45, 2.75) is 37.0 Å². The van der Waals surface area contributed by atoms with Gasteiger partial charge in [-0.3, -0.25) is 19.3 Å². The molecule has 53 heavy (non-hydrogen) atoms. The monoisotopic (exact) mass is 724 g/mol. The highest BCUT2D eigenvalue weighted by Crippen LogP contribution is 2.37. The van der Waals surface area contributed by atoms with Gasteiger partial charge in [0.1, 0.15) is 18.3 Å². The Hall–Kier alpha value is -6.49. The molecule has 4 atom stereocenters. The molecular formula is C41H32N4O7S. The van der Waals surface area contributed by atoms with Crippen molar-refractivity contribution in [3.05, 3.63) is 173 Å². The van der Waals surface area contributed by atoms with Crippen LogP contribution in [0.2, 0.25) is 0 Å². The number of β-lactam (4-membered cyclic amide) rings is 1. The number of esters is 2. The summed E-state index contributed by atoms with van der Waals surface area (Å²) in [6, 6.07) is 38.2. The number of ether oxygens (including phenoxy) is 2. The first-order chi connectivity index (χ1) is 25.8. The summed E-state index contributed by atoms with van der Waals surface area (Å²) < 4.78 is 25.3. The second-order valence-electron chi connectivity index (χ2n) is 12.5. The quantitative estimate of drug-likeness (QED) is 0.0673. The van der Waals surface area contributed by atoms with E-state index in [4.69, 9.17) is 9.47 Å². The molecule has 0 aromatic heterocycles. The molecule has 5 aromatic carbocycles. The summed E-state index contributed by atoms with van der Waals surface area (Å²) in [7, 11) is -2.18. The number of hydrogen-bond acceptors (Lipinski definition) is 7. The molecule has 0 aliphatic carbocycles. The molecule has 1 fully saturated rings. The number of nitrogens with zero attached hydrogens (tertiary/aromatic N) is 3. The first kappa shape index (κ1) is 34.9. The Bertz CT molecular complexity index is 2300. The van der Waals surface area contributed by atoms with Gasteiger partial charge in [-0.15, -0.1) is 0 Å². The molecule has 0 saturated carbocycles. The third-order valence-electron chi connectivity index (χ3n) is 9.21. The molecule has 2 aliphatic heterocycles. The first-order valence-corrected chi connectivity index (χ1v) is 18.0. The number of amides is 2. The maximum atomic E-state index is 14.1. The number of carbonyl (C=O) groups excluding carboxylic acids is 4. The molecule has 264 valence electrons. The summed E-state index contributed by atoms with van der Waals surface area (Å²) in [6.45, 7) is 1.27. The van der Waals surface area contributed by atoms with Gasteiger partial charge in [0.15, 0.2) is 28.2 Å². The van der Waals surface area contributed by atoms with Crippen molar-refractivity contribution in [1.29, 1.82) is 0 Å². The predicted octanol–water partition coefficient (Wildman–Crippen LogP) is 5.32. The lowest BCUT2D eigenvalue weighted by atomic mass is 9.95. The number of benzene rings is 5. The zero-order valence-corrected chi connectivity index (χ0v) is 29.1. The summed E-state index contributed by atoms with van der Waals surface area (Å²) in [5, 5.41) is 2.88. The zero-order valence-electron chi connectivity index (χ0n) is 28.3. The van der Waals surface area contributed by atoms with Gasteiger partial charge in [-0.2, -0.15) is 4.79 Å². The van der Waals surface area contributed by atoms with E-state index in [1.807, 2.05) is 103 Å². The van der Waals surface area contributed by atoms with Crippen LogP contribution >= 0.6 is 0 Å². The predicted molar refractivity (Wildman–Crippen MR) is 196 cm³/mol. The van der Waals surface area contributed by atoms with E-state index in [0.29, 0.717) is 22.3 Å². The molecule has 2 amide bonds. The lowest BCUT2D eigenvalue weighted by Crippen LogP contribution is -2.74. The normalized spacial score (nSPS) is 18.5. The second-order valence-corrected chi connectivity index (χ2v) is 14.0. The molecule has 12 heteroatoms. The molecule has 5 aromatic rings. The molecule has 2 heterocycles. The molecule has 7 rings (SSSR count). The van der Waals surface area contributed by atoms with Crippen molar-refractivity contribution >= 4 is 50.4 Å². The highest BCUT2D eigenvalue weighted by molar-refractivity contribution is 8.01. The van der Waals surface area contributed by atoms with Crippen LogP contribution in [-0.2, 0) is 46.1 Å². The minimum atomic E-state index is -2.18. The van der Waals surface area contributed by atoms with Crippen LogP contribution in [-0.4, -0.2) is 54.1 Å². The third kappa shape index (κ3) is 6.81. The molecular weight excluding hydrogens is 693 g/mol. The van der Waals surface area contributed by atoms with E-state index in [9.17, 15) is 28.9 Å². The van der Waals surface area contributed by atoms with Gasteiger partial charge < -0.3 is 20.3 Å². The van der Waals surface area contributed by atoms with Gasteiger partial charge in [-0.25, -0.2) is 9.00 Å². The Labute approximate surface area is 306 Å². The summed E-state index contributed by atoms with van der Waals surface area (Å²) in [5.74, 6) is -4.96. The molecule has 11 nitrogen and oxygen atoms in total. The van der Waals surface area contributed by atoms with Crippen LogP contribution < -0.4 is 5.32 Å². The molecule has 1 N–H and O–H groups in total. The van der Waals surface area contributed by atoms with Crippen molar-refractivity contribution in [3.63, 3.8) is 0 Å². The first-order valence-electron chi connectivity index (χ1n) is 16.7. The topological polar surface area (TPSA) is 155 Å². The Balaban J connectivity index is 1.13. The van der Waals surface area contributed by atoms with Crippen LogP contribution in [0.25, 0.3) is 16.3 Å². The van der Waals surface area contributed by atoms with Gasteiger partial charge >= 0.3 is 17.0 Å². The van der Waals surface area contributed by atoms with Gasteiger partial charge in [0.25, 0.3) is 5.91 Å². The van der Waals surface area contributed by atoms with Crippen LogP contribution in [0.3, 0.4) is 0 Å². The molecule has 2 unspecified atom stereocenters. The molecule has 0 radical (unpaired) electrons. The van der Waals surface area contributed by atoms with Crippen LogP contribution in [0.1, 0.15) is 41.2 Å². The maximum absolute atomic E-state index is 14.1. The van der Waals surface area contributed by atoms with E-state index >= 15 is 0 Å². The molecule has 0 spiro atoms. The summed E-state index contributed by atoms with van der Waals surface area (Å²) in [4.78, 5) is 59.6. The fourth-order valence-electron chi connectivity index (χ4n) is 6.56. The SMILES string of the molecule is CC1=C(C(=O)OCc2ccc3ccccc3c2)N2C(=O)C(NC(=O)C(C(=O)OC(c3ccccc3)c3ccccc3)c3ccccc3)[C@@H]2[S@@](=O)C1=[N+]=[N-]. The van der Waals surface area contributed by atoms with E-state index < -0.39 is 58.0 Å². The van der Waals surface area contributed by atoms with E-state index in [1.165, 1.54) is 6.92 Å². The van der Waals surface area contributed by atoms with Crippen LogP contribution in [0.5, 0.6) is 0 Å². The van der Waals surface area contributed by atoms with Gasteiger partial charge in [0, 0.05) is 0 Å². The maximum Gasteiger partial charge on any atom is 0.386 e. The van der Waals surface area contributed by atoms with Gasteiger partial charge in [0.2, 0.25) is 5.91 Å². The fraction of sp³-hybridized carbons (Fsp3) is 0.146. The third-order valence-corrected chi connectivity index (χ3v) is 10.9. The van der Waals surface area contributed by atoms with Crippen LogP contribution in [0.4, 0.5) is 0 Å².